The molecule has 0 saturated heterocycles. The van der Waals surface area contributed by atoms with Crippen LogP contribution >= 0.6 is 0 Å². The highest BCUT2D eigenvalue weighted by molar-refractivity contribution is 5.77. The number of carbonyl (C=O) groups excluding carboxylic acids is 1. The Hall–Kier alpha value is -0.830. The predicted octanol–water partition coefficient (Wildman–Crippen LogP) is 6.03. The Bertz CT molecular complexity index is 556. The summed E-state index contributed by atoms with van der Waals surface area (Å²) >= 11 is 0. The first-order valence-corrected chi connectivity index (χ1v) is 11.7. The third-order valence-electron chi connectivity index (χ3n) is 8.78. The highest BCUT2D eigenvalue weighted by atomic mass is 16.6. The van der Waals surface area contributed by atoms with Crippen molar-refractivity contribution >= 4 is 5.97 Å². The van der Waals surface area contributed by atoms with Crippen molar-refractivity contribution in [2.45, 2.75) is 79.1 Å². The number of esters is 1. The van der Waals surface area contributed by atoms with Crippen molar-refractivity contribution in [3.63, 3.8) is 0 Å². The van der Waals surface area contributed by atoms with Gasteiger partial charge in [0.15, 0.2) is 0 Å². The standard InChI is InChI=1S/C25H42O3/c1-6-14-27-15-16-28-23(26)25(5)13-7-12-24(4)21-10-8-19(18(2)3)17-20(21)9-11-22(24)25/h6,18-22H,1,7-17H2,2-5H3/t19?,20?,21-,22?,24+,25+/m0/s1. The lowest BCUT2D eigenvalue weighted by Crippen LogP contribution is -2.56. The number of fused-ring (bicyclic) bond motifs is 3. The van der Waals surface area contributed by atoms with Crippen LogP contribution in [0, 0.1) is 40.4 Å². The lowest BCUT2D eigenvalue weighted by Gasteiger charge is -2.61. The Morgan fingerprint density at radius 2 is 1.93 bits per heavy atom. The lowest BCUT2D eigenvalue weighted by atomic mass is 9.43. The van der Waals surface area contributed by atoms with Gasteiger partial charge < -0.3 is 9.47 Å². The summed E-state index contributed by atoms with van der Waals surface area (Å²) in [7, 11) is 0. The van der Waals surface area contributed by atoms with Gasteiger partial charge in [-0.2, -0.15) is 0 Å². The molecule has 0 N–H and O–H groups in total. The molecular weight excluding hydrogens is 348 g/mol. The number of carbonyl (C=O) groups is 1. The summed E-state index contributed by atoms with van der Waals surface area (Å²) < 4.78 is 11.1. The highest BCUT2D eigenvalue weighted by Crippen LogP contribution is 2.64. The largest absolute Gasteiger partial charge is 0.463 e. The first kappa shape index (κ1) is 21.9. The molecule has 0 heterocycles. The Balaban J connectivity index is 1.68. The van der Waals surface area contributed by atoms with E-state index in [1.807, 2.05) is 0 Å². The van der Waals surface area contributed by atoms with Crippen molar-refractivity contribution in [2.24, 2.45) is 40.4 Å². The minimum Gasteiger partial charge on any atom is -0.463 e. The Morgan fingerprint density at radius 3 is 2.64 bits per heavy atom. The fraction of sp³-hybridized carbons (Fsp3) is 0.880. The van der Waals surface area contributed by atoms with Gasteiger partial charge >= 0.3 is 5.97 Å². The minimum absolute atomic E-state index is 0.0138. The lowest BCUT2D eigenvalue weighted by molar-refractivity contribution is -0.180. The fourth-order valence-electron chi connectivity index (χ4n) is 7.25. The van der Waals surface area contributed by atoms with Crippen molar-refractivity contribution in [2.75, 3.05) is 19.8 Å². The SMILES string of the molecule is C=CCOCCOC(=O)[C@]1(C)CCC[C@@]2(C)C1CCC1CC(C(C)C)CC[C@@H]12. The van der Waals surface area contributed by atoms with E-state index in [1.165, 1.54) is 38.5 Å². The molecule has 3 aliphatic rings. The molecule has 3 heteroatoms. The van der Waals surface area contributed by atoms with Crippen LogP contribution in [0.2, 0.25) is 0 Å². The average Bonchev–Trinajstić information content (AvgIpc) is 2.67. The van der Waals surface area contributed by atoms with E-state index in [0.29, 0.717) is 31.2 Å². The molecular formula is C25H42O3. The molecule has 3 fully saturated rings. The van der Waals surface area contributed by atoms with Crippen LogP contribution in [-0.4, -0.2) is 25.8 Å². The third kappa shape index (κ3) is 4.06. The maximum atomic E-state index is 13.2. The van der Waals surface area contributed by atoms with Gasteiger partial charge in [-0.25, -0.2) is 0 Å². The summed E-state index contributed by atoms with van der Waals surface area (Å²) in [6, 6.07) is 0. The maximum absolute atomic E-state index is 13.2. The summed E-state index contributed by atoms with van der Waals surface area (Å²) in [5, 5.41) is 0. The van der Waals surface area contributed by atoms with Crippen molar-refractivity contribution in [3.05, 3.63) is 12.7 Å². The molecule has 0 spiro atoms. The molecule has 3 nitrogen and oxygen atoms in total. The quantitative estimate of drug-likeness (QED) is 0.302. The summed E-state index contributed by atoms with van der Waals surface area (Å²) in [6.07, 6.45) is 11.8. The third-order valence-corrected chi connectivity index (χ3v) is 8.78. The van der Waals surface area contributed by atoms with E-state index in [2.05, 4.69) is 34.3 Å². The van der Waals surface area contributed by atoms with Gasteiger partial charge in [-0.05, 0) is 86.9 Å². The van der Waals surface area contributed by atoms with Crippen LogP contribution in [0.3, 0.4) is 0 Å². The first-order valence-electron chi connectivity index (χ1n) is 11.7. The molecule has 0 bridgehead atoms. The maximum Gasteiger partial charge on any atom is 0.312 e. The molecule has 0 aromatic rings. The predicted molar refractivity (Wildman–Crippen MR) is 114 cm³/mol. The van der Waals surface area contributed by atoms with E-state index < -0.39 is 0 Å². The van der Waals surface area contributed by atoms with Crippen LogP contribution in [0.5, 0.6) is 0 Å². The van der Waals surface area contributed by atoms with Crippen molar-refractivity contribution in [3.8, 4) is 0 Å². The zero-order chi connectivity index (χ0) is 20.4. The zero-order valence-corrected chi connectivity index (χ0v) is 18.7. The van der Waals surface area contributed by atoms with Crippen LogP contribution in [-0.2, 0) is 14.3 Å². The van der Waals surface area contributed by atoms with E-state index in [0.717, 1.165) is 36.5 Å². The zero-order valence-electron chi connectivity index (χ0n) is 18.7. The average molecular weight is 391 g/mol. The van der Waals surface area contributed by atoms with Gasteiger partial charge in [0.25, 0.3) is 0 Å². The van der Waals surface area contributed by atoms with Crippen molar-refractivity contribution < 1.29 is 14.3 Å². The second-order valence-corrected chi connectivity index (χ2v) is 10.6. The minimum atomic E-state index is -0.328. The Labute approximate surface area is 172 Å². The molecule has 0 aromatic heterocycles. The summed E-state index contributed by atoms with van der Waals surface area (Å²) in [4.78, 5) is 13.2. The molecule has 28 heavy (non-hydrogen) atoms. The molecule has 3 rings (SSSR count). The fourth-order valence-corrected chi connectivity index (χ4v) is 7.25. The van der Waals surface area contributed by atoms with E-state index in [9.17, 15) is 4.79 Å². The monoisotopic (exact) mass is 390 g/mol. The van der Waals surface area contributed by atoms with E-state index in [-0.39, 0.29) is 11.4 Å². The summed E-state index contributed by atoms with van der Waals surface area (Å²) in [6.45, 7) is 14.5. The van der Waals surface area contributed by atoms with Crippen LogP contribution in [0.15, 0.2) is 12.7 Å². The number of rotatable bonds is 7. The number of hydrogen-bond donors (Lipinski definition) is 0. The normalized spacial score (nSPS) is 40.5. The second kappa shape index (κ2) is 8.90. The topological polar surface area (TPSA) is 35.5 Å². The molecule has 3 unspecified atom stereocenters. The Morgan fingerprint density at radius 1 is 1.14 bits per heavy atom. The van der Waals surface area contributed by atoms with Crippen LogP contribution in [0.4, 0.5) is 0 Å². The summed E-state index contributed by atoms with van der Waals surface area (Å²) in [5.41, 5.74) is -0.0263. The van der Waals surface area contributed by atoms with Gasteiger partial charge in [0, 0.05) is 0 Å². The van der Waals surface area contributed by atoms with E-state index >= 15 is 0 Å². The van der Waals surface area contributed by atoms with Gasteiger partial charge in [0.1, 0.15) is 6.61 Å². The van der Waals surface area contributed by atoms with Gasteiger partial charge in [-0.1, -0.05) is 33.3 Å². The number of hydrogen-bond acceptors (Lipinski definition) is 3. The molecule has 0 aromatic carbocycles. The van der Waals surface area contributed by atoms with E-state index in [1.54, 1.807) is 6.08 Å². The van der Waals surface area contributed by atoms with Crippen LogP contribution in [0.1, 0.15) is 79.1 Å². The van der Waals surface area contributed by atoms with Crippen molar-refractivity contribution in [1.82, 2.24) is 0 Å². The highest BCUT2D eigenvalue weighted by Gasteiger charge is 2.59. The van der Waals surface area contributed by atoms with Crippen LogP contribution in [0.25, 0.3) is 0 Å². The van der Waals surface area contributed by atoms with Gasteiger partial charge in [0.05, 0.1) is 18.6 Å². The number of ether oxygens (including phenoxy) is 2. The van der Waals surface area contributed by atoms with Gasteiger partial charge in [0.2, 0.25) is 0 Å². The Kier molecular flexibility index (Phi) is 6.95. The second-order valence-electron chi connectivity index (χ2n) is 10.6. The molecule has 160 valence electrons. The molecule has 0 radical (unpaired) electrons. The van der Waals surface area contributed by atoms with E-state index in [4.69, 9.17) is 9.47 Å². The van der Waals surface area contributed by atoms with Gasteiger partial charge in [-0.15, -0.1) is 6.58 Å². The first-order chi connectivity index (χ1) is 13.3. The van der Waals surface area contributed by atoms with Gasteiger partial charge in [-0.3, -0.25) is 4.79 Å². The molecule has 6 atom stereocenters. The molecule has 0 aliphatic heterocycles. The van der Waals surface area contributed by atoms with Crippen molar-refractivity contribution in [1.29, 1.82) is 0 Å². The molecule has 3 aliphatic carbocycles. The molecule has 3 saturated carbocycles. The summed E-state index contributed by atoms with van der Waals surface area (Å²) in [5.74, 6) is 3.85. The van der Waals surface area contributed by atoms with Crippen LogP contribution < -0.4 is 0 Å². The smallest absolute Gasteiger partial charge is 0.312 e. The molecule has 0 amide bonds.